The minimum atomic E-state index is -3.27. The predicted molar refractivity (Wildman–Crippen MR) is 126 cm³/mol. The van der Waals surface area contributed by atoms with Crippen molar-refractivity contribution in [1.82, 2.24) is 4.90 Å². The van der Waals surface area contributed by atoms with Gasteiger partial charge in [-0.3, -0.25) is 4.72 Å². The Morgan fingerprint density at radius 3 is 2.60 bits per heavy atom. The van der Waals surface area contributed by atoms with E-state index in [0.717, 1.165) is 32.5 Å². The summed E-state index contributed by atoms with van der Waals surface area (Å²) in [6, 6.07) is 18.7. The molecule has 2 aromatic carbocycles. The van der Waals surface area contributed by atoms with Crippen molar-refractivity contribution >= 4 is 15.7 Å². The first-order valence-electron chi connectivity index (χ1n) is 11.2. The average Bonchev–Trinajstić information content (AvgIpc) is 2.71. The maximum absolute atomic E-state index is 12.2. The Bertz CT molecular complexity index is 914. The van der Waals surface area contributed by atoms with Crippen molar-refractivity contribution < 1.29 is 8.42 Å². The van der Waals surface area contributed by atoms with Gasteiger partial charge in [-0.2, -0.15) is 0 Å². The lowest BCUT2D eigenvalue weighted by Crippen LogP contribution is -2.47. The summed E-state index contributed by atoms with van der Waals surface area (Å²) in [5.41, 5.74) is 3.38. The lowest BCUT2D eigenvalue weighted by Gasteiger charge is -2.45. The van der Waals surface area contributed by atoms with Crippen LogP contribution in [0, 0.1) is 5.92 Å². The van der Waals surface area contributed by atoms with Crippen LogP contribution in [0.4, 0.5) is 5.69 Å². The number of anilines is 1. The van der Waals surface area contributed by atoms with E-state index >= 15 is 0 Å². The van der Waals surface area contributed by atoms with Crippen LogP contribution in [0.3, 0.4) is 0 Å². The second kappa shape index (κ2) is 9.97. The third-order valence-electron chi connectivity index (χ3n) is 6.62. The van der Waals surface area contributed by atoms with Gasteiger partial charge in [-0.25, -0.2) is 8.42 Å². The first kappa shape index (κ1) is 22.8. The molecule has 2 aromatic rings. The van der Waals surface area contributed by atoms with E-state index in [9.17, 15) is 8.42 Å². The highest BCUT2D eigenvalue weighted by Crippen LogP contribution is 2.40. The monoisotopic (exact) mass is 428 g/mol. The lowest BCUT2D eigenvalue weighted by atomic mass is 9.68. The van der Waals surface area contributed by atoms with E-state index in [1.807, 2.05) is 25.1 Å². The highest BCUT2D eigenvalue weighted by molar-refractivity contribution is 7.92. The van der Waals surface area contributed by atoms with Crippen molar-refractivity contribution in [2.75, 3.05) is 30.1 Å². The Labute approximate surface area is 182 Å². The van der Waals surface area contributed by atoms with Gasteiger partial charge in [0.25, 0.3) is 0 Å². The number of sulfonamides is 1. The zero-order valence-corrected chi connectivity index (χ0v) is 19.4. The number of piperidine rings is 1. The van der Waals surface area contributed by atoms with Crippen LogP contribution < -0.4 is 4.72 Å². The third-order valence-corrected chi connectivity index (χ3v) is 8.11. The summed E-state index contributed by atoms with van der Waals surface area (Å²) in [7, 11) is -3.27. The normalized spacial score (nSPS) is 22.7. The van der Waals surface area contributed by atoms with E-state index < -0.39 is 10.0 Å². The van der Waals surface area contributed by atoms with E-state index in [1.54, 1.807) is 0 Å². The summed E-state index contributed by atoms with van der Waals surface area (Å²) in [6.07, 6.45) is 4.01. The molecule has 2 unspecified atom stereocenters. The van der Waals surface area contributed by atoms with Gasteiger partial charge in [0.2, 0.25) is 10.0 Å². The van der Waals surface area contributed by atoms with Crippen molar-refractivity contribution in [2.24, 2.45) is 5.92 Å². The minimum absolute atomic E-state index is 0.0577. The van der Waals surface area contributed by atoms with Crippen molar-refractivity contribution in [3.05, 3.63) is 65.7 Å². The molecule has 4 nitrogen and oxygen atoms in total. The van der Waals surface area contributed by atoms with Crippen LogP contribution in [0.1, 0.15) is 51.2 Å². The lowest BCUT2D eigenvalue weighted by molar-refractivity contribution is 0.110. The molecular weight excluding hydrogens is 392 g/mol. The predicted octanol–water partition coefficient (Wildman–Crippen LogP) is 5.07. The number of nitrogens with zero attached hydrogens (tertiary/aromatic N) is 1. The minimum Gasteiger partial charge on any atom is -0.303 e. The third kappa shape index (κ3) is 5.86. The van der Waals surface area contributed by atoms with Crippen molar-refractivity contribution in [3.63, 3.8) is 0 Å². The number of hydrogen-bond acceptors (Lipinski definition) is 3. The molecule has 1 aliphatic heterocycles. The molecule has 0 radical (unpaired) electrons. The van der Waals surface area contributed by atoms with Crippen LogP contribution in [0.25, 0.3) is 0 Å². The molecular formula is C25H36N2O2S. The van der Waals surface area contributed by atoms with Gasteiger partial charge < -0.3 is 4.90 Å². The number of likely N-dealkylation sites (tertiary alicyclic amines) is 1. The van der Waals surface area contributed by atoms with Gasteiger partial charge in [-0.1, -0.05) is 63.2 Å². The Hall–Kier alpha value is -1.85. The summed E-state index contributed by atoms with van der Waals surface area (Å²) < 4.78 is 27.1. The maximum Gasteiger partial charge on any atom is 0.232 e. The molecule has 0 amide bonds. The largest absolute Gasteiger partial charge is 0.303 e. The van der Waals surface area contributed by atoms with Crippen LogP contribution in [0.2, 0.25) is 0 Å². The van der Waals surface area contributed by atoms with E-state index in [0.29, 0.717) is 18.0 Å². The highest BCUT2D eigenvalue weighted by Gasteiger charge is 2.37. The van der Waals surface area contributed by atoms with Gasteiger partial charge in [-0.15, -0.1) is 0 Å². The SMILES string of the molecule is CCCS(=O)(=O)Nc1cccc(C2(C)CCN(CCCc3ccccc3)CC2C)c1. The zero-order chi connectivity index (χ0) is 21.6. The van der Waals surface area contributed by atoms with Crippen LogP contribution >= 0.6 is 0 Å². The molecule has 1 N–H and O–H groups in total. The molecule has 30 heavy (non-hydrogen) atoms. The molecule has 1 heterocycles. The van der Waals surface area contributed by atoms with Gasteiger partial charge in [-0.05, 0) is 73.4 Å². The van der Waals surface area contributed by atoms with Crippen LogP contribution in [0.15, 0.2) is 54.6 Å². The molecule has 164 valence electrons. The number of rotatable bonds is 9. The molecule has 2 atom stereocenters. The Morgan fingerprint density at radius 1 is 1.13 bits per heavy atom. The fourth-order valence-electron chi connectivity index (χ4n) is 4.54. The topological polar surface area (TPSA) is 49.4 Å². The molecule has 1 aliphatic rings. The molecule has 0 aliphatic carbocycles. The van der Waals surface area contributed by atoms with E-state index in [2.05, 4.69) is 59.9 Å². The molecule has 3 rings (SSSR count). The van der Waals surface area contributed by atoms with Crippen LogP contribution in [-0.4, -0.2) is 38.7 Å². The number of aryl methyl sites for hydroxylation is 1. The summed E-state index contributed by atoms with van der Waals surface area (Å²) >= 11 is 0. The molecule has 1 fully saturated rings. The molecule has 0 aromatic heterocycles. The van der Waals surface area contributed by atoms with Gasteiger partial charge in [0.1, 0.15) is 0 Å². The molecule has 0 spiro atoms. The molecule has 0 bridgehead atoms. The first-order chi connectivity index (χ1) is 14.3. The number of nitrogens with one attached hydrogen (secondary N) is 1. The van der Waals surface area contributed by atoms with Crippen molar-refractivity contribution in [2.45, 2.75) is 51.9 Å². The molecule has 0 saturated carbocycles. The average molecular weight is 429 g/mol. The molecule has 5 heteroatoms. The van der Waals surface area contributed by atoms with Gasteiger partial charge >= 0.3 is 0 Å². The van der Waals surface area contributed by atoms with Crippen LogP contribution in [0.5, 0.6) is 0 Å². The quantitative estimate of drug-likeness (QED) is 0.607. The van der Waals surface area contributed by atoms with E-state index in [1.165, 1.54) is 17.5 Å². The van der Waals surface area contributed by atoms with Gasteiger partial charge in [0, 0.05) is 12.2 Å². The summed E-state index contributed by atoms with van der Waals surface area (Å²) in [5, 5.41) is 0. The zero-order valence-electron chi connectivity index (χ0n) is 18.6. The standard InChI is InChI=1S/C25H36N2O2S/c1-4-18-30(28,29)26-24-14-8-13-23(19-24)25(3)15-17-27(20-21(25)2)16-9-12-22-10-6-5-7-11-22/h5-8,10-11,13-14,19,21,26H,4,9,12,15-18,20H2,1-3H3. The van der Waals surface area contributed by atoms with Gasteiger partial charge in [0.05, 0.1) is 5.75 Å². The highest BCUT2D eigenvalue weighted by atomic mass is 32.2. The van der Waals surface area contributed by atoms with Crippen molar-refractivity contribution in [1.29, 1.82) is 0 Å². The number of benzene rings is 2. The summed E-state index contributed by atoms with van der Waals surface area (Å²) in [5.74, 6) is 0.661. The van der Waals surface area contributed by atoms with E-state index in [4.69, 9.17) is 0 Å². The smallest absolute Gasteiger partial charge is 0.232 e. The van der Waals surface area contributed by atoms with Crippen LogP contribution in [-0.2, 0) is 21.9 Å². The fourth-order valence-corrected chi connectivity index (χ4v) is 5.66. The summed E-state index contributed by atoms with van der Waals surface area (Å²) in [6.45, 7) is 9.84. The first-order valence-corrected chi connectivity index (χ1v) is 12.8. The fraction of sp³-hybridized carbons (Fsp3) is 0.520. The Balaban J connectivity index is 1.60. The van der Waals surface area contributed by atoms with E-state index in [-0.39, 0.29) is 11.2 Å². The Kier molecular flexibility index (Phi) is 7.59. The second-order valence-electron chi connectivity index (χ2n) is 8.96. The number of hydrogen-bond donors (Lipinski definition) is 1. The summed E-state index contributed by atoms with van der Waals surface area (Å²) in [4.78, 5) is 2.59. The van der Waals surface area contributed by atoms with Crippen molar-refractivity contribution in [3.8, 4) is 0 Å². The van der Waals surface area contributed by atoms with Gasteiger partial charge in [0.15, 0.2) is 0 Å². The molecule has 1 saturated heterocycles. The second-order valence-corrected chi connectivity index (χ2v) is 10.8. The Morgan fingerprint density at radius 2 is 1.90 bits per heavy atom. The maximum atomic E-state index is 12.2.